The fourth-order valence-corrected chi connectivity index (χ4v) is 2.35. The lowest BCUT2D eigenvalue weighted by atomic mass is 10.2. The fourth-order valence-electron chi connectivity index (χ4n) is 1.37. The van der Waals surface area contributed by atoms with Crippen LogP contribution in [0, 0.1) is 6.92 Å². The second-order valence-corrected chi connectivity index (χ2v) is 5.12. The van der Waals surface area contributed by atoms with Crippen LogP contribution < -0.4 is 5.73 Å². The lowest BCUT2D eigenvalue weighted by Crippen LogP contribution is -2.19. The molecule has 0 heterocycles. The Hall–Kier alpha value is -0.750. The molecule has 1 aromatic rings. The van der Waals surface area contributed by atoms with Gasteiger partial charge in [-0.2, -0.15) is 0 Å². The van der Waals surface area contributed by atoms with E-state index < -0.39 is 6.10 Å². The van der Waals surface area contributed by atoms with Gasteiger partial charge in [0.25, 0.3) is 0 Å². The van der Waals surface area contributed by atoms with Gasteiger partial charge >= 0.3 is 0 Å². The molecule has 4 nitrogen and oxygen atoms in total. The van der Waals surface area contributed by atoms with Gasteiger partial charge in [-0.05, 0) is 24.6 Å². The number of thioether (sulfide) groups is 1. The molecular formula is C13H21NO3S. The third-order valence-corrected chi connectivity index (χ3v) is 3.69. The lowest BCUT2D eigenvalue weighted by molar-refractivity contribution is 0.0218. The maximum Gasteiger partial charge on any atom is 0.0867 e. The summed E-state index contributed by atoms with van der Waals surface area (Å²) in [6, 6.07) is 5.79. The van der Waals surface area contributed by atoms with Crippen LogP contribution in [-0.4, -0.2) is 43.9 Å². The molecule has 0 saturated heterocycles. The molecule has 102 valence electrons. The first-order valence-corrected chi connectivity index (χ1v) is 6.85. The average molecular weight is 271 g/mol. The number of aliphatic hydroxyl groups excluding tert-OH is 1. The number of nitrogen functional groups attached to an aromatic ring is 1. The molecule has 0 aliphatic carbocycles. The Bertz CT molecular complexity index is 360. The summed E-state index contributed by atoms with van der Waals surface area (Å²) in [6.45, 7) is 3.42. The van der Waals surface area contributed by atoms with Crippen LogP contribution in [0.15, 0.2) is 23.1 Å². The Morgan fingerprint density at radius 2 is 2.17 bits per heavy atom. The number of aryl methyl sites for hydroxylation is 1. The minimum Gasteiger partial charge on any atom is -0.399 e. The second kappa shape index (κ2) is 8.37. The van der Waals surface area contributed by atoms with E-state index in [-0.39, 0.29) is 0 Å². The summed E-state index contributed by atoms with van der Waals surface area (Å²) in [5, 5.41) is 9.75. The van der Waals surface area contributed by atoms with Crippen LogP contribution >= 0.6 is 11.8 Å². The summed E-state index contributed by atoms with van der Waals surface area (Å²) in [4.78, 5) is 1.10. The van der Waals surface area contributed by atoms with Gasteiger partial charge in [0, 0.05) is 23.4 Å². The minimum absolute atomic E-state index is 0.331. The number of nitrogens with two attached hydrogens (primary N) is 1. The number of hydrogen-bond donors (Lipinski definition) is 2. The molecule has 0 spiro atoms. The number of methoxy groups -OCH3 is 1. The summed E-state index contributed by atoms with van der Waals surface area (Å²) in [5.74, 6) is 0.595. The molecule has 0 aliphatic heterocycles. The van der Waals surface area contributed by atoms with Crippen LogP contribution in [0.3, 0.4) is 0 Å². The first-order valence-electron chi connectivity index (χ1n) is 5.87. The van der Waals surface area contributed by atoms with E-state index in [4.69, 9.17) is 15.2 Å². The van der Waals surface area contributed by atoms with Crippen molar-refractivity contribution in [2.24, 2.45) is 0 Å². The smallest absolute Gasteiger partial charge is 0.0867 e. The van der Waals surface area contributed by atoms with Crippen molar-refractivity contribution in [2.45, 2.75) is 17.9 Å². The summed E-state index contributed by atoms with van der Waals surface area (Å²) in [5.41, 5.74) is 7.65. The highest BCUT2D eigenvalue weighted by molar-refractivity contribution is 7.99. The summed E-state index contributed by atoms with van der Waals surface area (Å²) >= 11 is 1.59. The third kappa shape index (κ3) is 5.73. The van der Waals surface area contributed by atoms with E-state index in [2.05, 4.69) is 0 Å². The summed E-state index contributed by atoms with van der Waals surface area (Å²) < 4.78 is 10.1. The van der Waals surface area contributed by atoms with E-state index in [0.29, 0.717) is 25.6 Å². The van der Waals surface area contributed by atoms with Gasteiger partial charge in [0.15, 0.2) is 0 Å². The van der Waals surface area contributed by atoms with Crippen molar-refractivity contribution in [3.05, 3.63) is 23.8 Å². The van der Waals surface area contributed by atoms with Crippen molar-refractivity contribution in [3.8, 4) is 0 Å². The van der Waals surface area contributed by atoms with Gasteiger partial charge in [0.05, 0.1) is 25.9 Å². The standard InChI is InChI=1S/C13H21NO3S/c1-10-3-4-11(14)7-13(10)18-9-12(15)8-17-6-5-16-2/h3-4,7,12,15H,5-6,8-9,14H2,1-2H3. The van der Waals surface area contributed by atoms with Crippen LogP contribution in [-0.2, 0) is 9.47 Å². The molecule has 1 rings (SSSR count). The van der Waals surface area contributed by atoms with Crippen molar-refractivity contribution < 1.29 is 14.6 Å². The van der Waals surface area contributed by atoms with Crippen LogP contribution in [0.1, 0.15) is 5.56 Å². The molecule has 1 aromatic carbocycles. The molecule has 0 radical (unpaired) electrons. The van der Waals surface area contributed by atoms with E-state index >= 15 is 0 Å². The fraction of sp³-hybridized carbons (Fsp3) is 0.538. The zero-order chi connectivity index (χ0) is 13.4. The van der Waals surface area contributed by atoms with Crippen LogP contribution in [0.2, 0.25) is 0 Å². The molecule has 0 bridgehead atoms. The highest BCUT2D eigenvalue weighted by Crippen LogP contribution is 2.25. The van der Waals surface area contributed by atoms with Crippen LogP contribution in [0.4, 0.5) is 5.69 Å². The molecule has 0 aliphatic rings. The number of hydrogen-bond acceptors (Lipinski definition) is 5. The molecule has 0 fully saturated rings. The predicted octanol–water partition coefficient (Wildman–Crippen LogP) is 1.69. The van der Waals surface area contributed by atoms with Crippen molar-refractivity contribution >= 4 is 17.4 Å². The third-order valence-electron chi connectivity index (χ3n) is 2.39. The molecule has 3 N–H and O–H groups in total. The molecule has 0 amide bonds. The molecule has 0 aromatic heterocycles. The van der Waals surface area contributed by atoms with Crippen molar-refractivity contribution in [1.29, 1.82) is 0 Å². The summed E-state index contributed by atoms with van der Waals surface area (Å²) in [6.07, 6.45) is -0.479. The van der Waals surface area contributed by atoms with Gasteiger partial charge in [-0.1, -0.05) is 6.07 Å². The van der Waals surface area contributed by atoms with Crippen LogP contribution in [0.5, 0.6) is 0 Å². The second-order valence-electron chi connectivity index (χ2n) is 4.06. The largest absolute Gasteiger partial charge is 0.399 e. The van der Waals surface area contributed by atoms with Gasteiger partial charge in [0.1, 0.15) is 0 Å². The van der Waals surface area contributed by atoms with E-state index in [1.54, 1.807) is 18.9 Å². The Balaban J connectivity index is 2.29. The predicted molar refractivity (Wildman–Crippen MR) is 75.0 cm³/mol. The van der Waals surface area contributed by atoms with E-state index in [1.807, 2.05) is 25.1 Å². The normalized spacial score (nSPS) is 12.6. The highest BCUT2D eigenvalue weighted by atomic mass is 32.2. The van der Waals surface area contributed by atoms with Crippen molar-refractivity contribution in [1.82, 2.24) is 0 Å². The minimum atomic E-state index is -0.479. The lowest BCUT2D eigenvalue weighted by Gasteiger charge is -2.12. The summed E-state index contributed by atoms with van der Waals surface area (Å²) in [7, 11) is 1.62. The molecule has 1 unspecified atom stereocenters. The molecule has 1 atom stereocenters. The Morgan fingerprint density at radius 1 is 1.39 bits per heavy atom. The molecule has 18 heavy (non-hydrogen) atoms. The number of rotatable bonds is 8. The first kappa shape index (κ1) is 15.3. The number of benzene rings is 1. The Labute approximate surface area is 112 Å². The quantitative estimate of drug-likeness (QED) is 0.428. The molecule has 5 heteroatoms. The topological polar surface area (TPSA) is 64.7 Å². The zero-order valence-electron chi connectivity index (χ0n) is 10.9. The van der Waals surface area contributed by atoms with Gasteiger partial charge in [0.2, 0.25) is 0 Å². The van der Waals surface area contributed by atoms with Gasteiger partial charge in [-0.25, -0.2) is 0 Å². The number of anilines is 1. The maximum absolute atomic E-state index is 9.75. The molecule has 0 saturated carbocycles. The van der Waals surface area contributed by atoms with Crippen molar-refractivity contribution in [2.75, 3.05) is 38.4 Å². The van der Waals surface area contributed by atoms with Crippen molar-refractivity contribution in [3.63, 3.8) is 0 Å². The maximum atomic E-state index is 9.75. The van der Waals surface area contributed by atoms with E-state index in [9.17, 15) is 5.11 Å². The molecular weight excluding hydrogens is 250 g/mol. The monoisotopic (exact) mass is 271 g/mol. The van der Waals surface area contributed by atoms with Gasteiger partial charge in [-0.3, -0.25) is 0 Å². The SMILES string of the molecule is COCCOCC(O)CSc1cc(N)ccc1C. The highest BCUT2D eigenvalue weighted by Gasteiger charge is 2.07. The number of ether oxygens (including phenoxy) is 2. The Morgan fingerprint density at radius 3 is 2.89 bits per heavy atom. The van der Waals surface area contributed by atoms with Gasteiger partial charge in [-0.15, -0.1) is 11.8 Å². The van der Waals surface area contributed by atoms with Crippen LogP contribution in [0.25, 0.3) is 0 Å². The van der Waals surface area contributed by atoms with E-state index in [1.165, 1.54) is 5.56 Å². The first-order chi connectivity index (χ1) is 8.63. The van der Waals surface area contributed by atoms with Gasteiger partial charge < -0.3 is 20.3 Å². The zero-order valence-corrected chi connectivity index (χ0v) is 11.7. The van der Waals surface area contributed by atoms with E-state index in [0.717, 1.165) is 10.6 Å². The average Bonchev–Trinajstić information content (AvgIpc) is 2.36. The number of aliphatic hydroxyl groups is 1. The Kier molecular flexibility index (Phi) is 7.12.